The molecular formula is C29H33N3O5. The van der Waals surface area contributed by atoms with Gasteiger partial charge in [-0.05, 0) is 63.8 Å². The quantitative estimate of drug-likeness (QED) is 0.231. The average molecular weight is 504 g/mol. The number of aliphatic hydroxyl groups is 1. The topological polar surface area (TPSA) is 90.4 Å². The molecule has 2 aliphatic rings. The van der Waals surface area contributed by atoms with Crippen LogP contribution in [0, 0.1) is 0 Å². The van der Waals surface area contributed by atoms with Crippen molar-refractivity contribution in [1.29, 1.82) is 0 Å². The summed E-state index contributed by atoms with van der Waals surface area (Å²) in [6.07, 6.45) is 2.99. The zero-order chi connectivity index (χ0) is 26.7. The van der Waals surface area contributed by atoms with Crippen LogP contribution in [0.2, 0.25) is 0 Å². The summed E-state index contributed by atoms with van der Waals surface area (Å²) in [4.78, 5) is 46.1. The highest BCUT2D eigenvalue weighted by molar-refractivity contribution is 6.50. The van der Waals surface area contributed by atoms with Gasteiger partial charge in [0, 0.05) is 24.2 Å². The number of ketones is 1. The van der Waals surface area contributed by atoms with Gasteiger partial charge in [-0.2, -0.15) is 0 Å². The summed E-state index contributed by atoms with van der Waals surface area (Å²) in [7, 11) is 3.83. The number of rotatable bonds is 10. The Hall–Kier alpha value is -3.91. The Labute approximate surface area is 217 Å². The van der Waals surface area contributed by atoms with E-state index in [0.29, 0.717) is 42.1 Å². The van der Waals surface area contributed by atoms with Gasteiger partial charge in [-0.1, -0.05) is 31.2 Å². The van der Waals surface area contributed by atoms with Crippen LogP contribution in [0.25, 0.3) is 5.76 Å². The van der Waals surface area contributed by atoms with Crippen LogP contribution < -0.4 is 9.64 Å². The van der Waals surface area contributed by atoms with Gasteiger partial charge >= 0.3 is 0 Å². The average Bonchev–Trinajstić information content (AvgIpc) is 3.26. The van der Waals surface area contributed by atoms with Crippen LogP contribution in [-0.2, 0) is 19.9 Å². The van der Waals surface area contributed by atoms with Crippen molar-refractivity contribution >= 4 is 29.0 Å². The Morgan fingerprint density at radius 2 is 1.81 bits per heavy atom. The van der Waals surface area contributed by atoms with E-state index in [2.05, 4.69) is 6.58 Å². The second kappa shape index (κ2) is 10.6. The number of aliphatic hydroxyl groups excluding tert-OH is 1. The van der Waals surface area contributed by atoms with Gasteiger partial charge in [0.05, 0.1) is 17.9 Å². The molecule has 0 aliphatic carbocycles. The van der Waals surface area contributed by atoms with E-state index in [0.717, 1.165) is 6.42 Å². The van der Waals surface area contributed by atoms with Crippen LogP contribution in [0.5, 0.6) is 5.75 Å². The Morgan fingerprint density at radius 3 is 2.46 bits per heavy atom. The molecule has 2 aliphatic heterocycles. The normalized spacial score (nSPS) is 20.3. The lowest BCUT2D eigenvalue weighted by molar-refractivity contribution is -0.143. The minimum atomic E-state index is -1.76. The third-order valence-corrected chi connectivity index (χ3v) is 6.71. The van der Waals surface area contributed by atoms with Crippen LogP contribution in [0.15, 0.2) is 66.8 Å². The Kier molecular flexibility index (Phi) is 7.50. The minimum absolute atomic E-state index is 0.172. The first-order chi connectivity index (χ1) is 17.8. The van der Waals surface area contributed by atoms with Gasteiger partial charge < -0.3 is 24.5 Å². The number of carbonyl (C=O) groups is 3. The largest absolute Gasteiger partial charge is 0.507 e. The molecule has 0 saturated carbocycles. The first kappa shape index (κ1) is 26.2. The standard InChI is InChI=1S/C29H33N3O5/c1-5-16-31-23-11-8-7-10-22(23)29(28(31)36)24(26(34)27(35)32(29)18-9-17-30(3)4)25(33)20-12-14-21(15-13-20)37-19-6-2/h5,7-8,10-15,33H,1,6,9,16-19H2,2-4H3/t29-/m0/s1. The van der Waals surface area contributed by atoms with E-state index in [1.165, 1.54) is 9.80 Å². The summed E-state index contributed by atoms with van der Waals surface area (Å²) in [5.74, 6) is -1.90. The molecule has 2 amide bonds. The van der Waals surface area contributed by atoms with Gasteiger partial charge in [-0.25, -0.2) is 0 Å². The van der Waals surface area contributed by atoms with Crippen LogP contribution in [0.4, 0.5) is 5.69 Å². The van der Waals surface area contributed by atoms with Crippen molar-refractivity contribution in [2.24, 2.45) is 0 Å². The highest BCUT2D eigenvalue weighted by Crippen LogP contribution is 2.53. The predicted octanol–water partition coefficient (Wildman–Crippen LogP) is 3.54. The number of hydrogen-bond donors (Lipinski definition) is 1. The number of fused-ring (bicyclic) bond motifs is 2. The van der Waals surface area contributed by atoms with Crippen LogP contribution in [0.1, 0.15) is 30.9 Å². The maximum absolute atomic E-state index is 14.2. The zero-order valence-electron chi connectivity index (χ0n) is 21.6. The summed E-state index contributed by atoms with van der Waals surface area (Å²) < 4.78 is 5.63. The molecule has 1 saturated heterocycles. The molecule has 0 aromatic heterocycles. The number of benzene rings is 2. The summed E-state index contributed by atoms with van der Waals surface area (Å²) in [6, 6.07) is 13.7. The smallest absolute Gasteiger partial charge is 0.296 e. The highest BCUT2D eigenvalue weighted by Gasteiger charge is 2.66. The van der Waals surface area contributed by atoms with Crippen molar-refractivity contribution in [3.05, 3.63) is 77.9 Å². The van der Waals surface area contributed by atoms with E-state index in [1.54, 1.807) is 54.6 Å². The van der Waals surface area contributed by atoms with E-state index in [9.17, 15) is 19.5 Å². The highest BCUT2D eigenvalue weighted by atomic mass is 16.5. The molecule has 8 nitrogen and oxygen atoms in total. The third kappa shape index (κ3) is 4.31. The Morgan fingerprint density at radius 1 is 1.11 bits per heavy atom. The molecule has 2 aromatic rings. The maximum atomic E-state index is 14.2. The number of carbonyl (C=O) groups excluding carboxylic acids is 3. The second-order valence-electron chi connectivity index (χ2n) is 9.47. The minimum Gasteiger partial charge on any atom is -0.507 e. The van der Waals surface area contributed by atoms with Gasteiger partial charge in [-0.3, -0.25) is 14.4 Å². The molecule has 8 heteroatoms. The fraction of sp³-hybridized carbons (Fsp3) is 0.345. The number of amides is 2. The second-order valence-corrected chi connectivity index (χ2v) is 9.47. The maximum Gasteiger partial charge on any atom is 0.296 e. The Bertz CT molecular complexity index is 1250. The molecule has 37 heavy (non-hydrogen) atoms. The molecule has 0 unspecified atom stereocenters. The van der Waals surface area contributed by atoms with E-state index < -0.39 is 23.1 Å². The summed E-state index contributed by atoms with van der Waals surface area (Å²) in [5.41, 5.74) is -0.575. The molecule has 1 spiro atoms. The SMILES string of the molecule is C=CCN1C(=O)[C@@]2(C(=C(O)c3ccc(OCCC)cc3)C(=O)C(=O)N2CCCN(C)C)c2ccccc21. The van der Waals surface area contributed by atoms with E-state index in [4.69, 9.17) is 4.74 Å². The molecule has 194 valence electrons. The molecule has 2 aromatic carbocycles. The van der Waals surface area contributed by atoms with Crippen molar-refractivity contribution in [2.75, 3.05) is 45.2 Å². The number of hydrogen-bond acceptors (Lipinski definition) is 6. The first-order valence-electron chi connectivity index (χ1n) is 12.5. The fourth-order valence-corrected chi connectivity index (χ4v) is 5.10. The Balaban J connectivity index is 1.92. The van der Waals surface area contributed by atoms with Crippen LogP contribution in [-0.4, -0.2) is 72.8 Å². The first-order valence-corrected chi connectivity index (χ1v) is 12.5. The lowest BCUT2D eigenvalue weighted by Gasteiger charge is -2.34. The third-order valence-electron chi connectivity index (χ3n) is 6.71. The van der Waals surface area contributed by atoms with Crippen molar-refractivity contribution in [3.63, 3.8) is 0 Å². The molecule has 1 atom stereocenters. The summed E-state index contributed by atoms with van der Waals surface area (Å²) in [6.45, 7) is 7.36. The van der Waals surface area contributed by atoms with Crippen molar-refractivity contribution in [2.45, 2.75) is 25.3 Å². The summed E-state index contributed by atoms with van der Waals surface area (Å²) in [5, 5.41) is 11.5. The number of ether oxygens (including phenoxy) is 1. The van der Waals surface area contributed by atoms with Crippen molar-refractivity contribution in [3.8, 4) is 5.75 Å². The van der Waals surface area contributed by atoms with Crippen molar-refractivity contribution < 1.29 is 24.2 Å². The van der Waals surface area contributed by atoms with E-state index in [-0.39, 0.29) is 24.4 Å². The van der Waals surface area contributed by atoms with Gasteiger partial charge in [0.2, 0.25) is 0 Å². The fourth-order valence-electron chi connectivity index (χ4n) is 5.10. The number of likely N-dealkylation sites (tertiary alicyclic amines) is 1. The van der Waals surface area contributed by atoms with Gasteiger partial charge in [-0.15, -0.1) is 6.58 Å². The lowest BCUT2D eigenvalue weighted by Crippen LogP contribution is -2.52. The summed E-state index contributed by atoms with van der Waals surface area (Å²) >= 11 is 0. The lowest BCUT2D eigenvalue weighted by atomic mass is 9.82. The zero-order valence-corrected chi connectivity index (χ0v) is 21.6. The van der Waals surface area contributed by atoms with Crippen molar-refractivity contribution in [1.82, 2.24) is 9.80 Å². The number of Topliss-reactive ketones (excluding diaryl/α,β-unsaturated/α-hetero) is 1. The van der Waals surface area contributed by atoms with Gasteiger partial charge in [0.25, 0.3) is 17.6 Å². The monoisotopic (exact) mass is 503 g/mol. The molecule has 0 bridgehead atoms. The number of para-hydroxylation sites is 1. The van der Waals surface area contributed by atoms with E-state index >= 15 is 0 Å². The van der Waals surface area contributed by atoms with Crippen LogP contribution >= 0.6 is 0 Å². The number of anilines is 1. The predicted molar refractivity (Wildman–Crippen MR) is 142 cm³/mol. The molecule has 1 N–H and O–H groups in total. The van der Waals surface area contributed by atoms with Gasteiger partial charge in [0.1, 0.15) is 11.5 Å². The molecular weight excluding hydrogens is 470 g/mol. The molecule has 1 fully saturated rings. The van der Waals surface area contributed by atoms with Crippen LogP contribution in [0.3, 0.4) is 0 Å². The number of nitrogens with zero attached hydrogens (tertiary/aromatic N) is 3. The molecule has 2 heterocycles. The molecule has 0 radical (unpaired) electrons. The van der Waals surface area contributed by atoms with E-state index in [1.807, 2.05) is 25.9 Å². The molecule has 4 rings (SSSR count). The van der Waals surface area contributed by atoms with Gasteiger partial charge in [0.15, 0.2) is 5.54 Å².